The van der Waals surface area contributed by atoms with Crippen LogP contribution in [0, 0.1) is 12.8 Å². The normalized spacial score (nSPS) is 12.9. The van der Waals surface area contributed by atoms with E-state index in [1.807, 2.05) is 12.3 Å². The molecule has 0 saturated heterocycles. The fourth-order valence-electron chi connectivity index (χ4n) is 2.98. The van der Waals surface area contributed by atoms with Gasteiger partial charge >= 0.3 is 0 Å². The number of hydrogen-bond acceptors (Lipinski definition) is 2. The molecule has 0 aromatic carbocycles. The number of aromatic nitrogens is 1. The first-order chi connectivity index (χ1) is 9.90. The van der Waals surface area contributed by atoms with Gasteiger partial charge in [-0.15, -0.1) is 0 Å². The zero-order valence-corrected chi connectivity index (χ0v) is 14.3. The predicted molar refractivity (Wildman–Crippen MR) is 89.9 cm³/mol. The van der Waals surface area contributed by atoms with Crippen LogP contribution in [-0.4, -0.2) is 10.5 Å². The predicted octanol–water partition coefficient (Wildman–Crippen LogP) is 4.40. The summed E-state index contributed by atoms with van der Waals surface area (Å²) in [7, 11) is 0. The zero-order valence-electron chi connectivity index (χ0n) is 13.4. The number of nitrogens with zero attached hydrogens (tertiary/aromatic N) is 1. The third-order valence-electron chi connectivity index (χ3n) is 4.32. The van der Waals surface area contributed by atoms with Crippen LogP contribution in [0.3, 0.4) is 0 Å². The Labute approximate surface area is 130 Å². The molecule has 2 heterocycles. The number of carbonyl (C=O) groups is 1. The minimum Gasteiger partial charge on any atom is -0.366 e. The summed E-state index contributed by atoms with van der Waals surface area (Å²) in [5.41, 5.74) is 10.7. The van der Waals surface area contributed by atoms with Crippen LogP contribution in [0.25, 0.3) is 11.1 Å². The van der Waals surface area contributed by atoms with E-state index in [2.05, 4.69) is 43.7 Å². The monoisotopic (exact) mass is 304 g/mol. The van der Waals surface area contributed by atoms with Crippen molar-refractivity contribution in [2.24, 2.45) is 11.7 Å². The number of hydrogen-bond donors (Lipinski definition) is 1. The molecule has 0 bridgehead atoms. The third-order valence-corrected chi connectivity index (χ3v) is 5.00. The van der Waals surface area contributed by atoms with Crippen molar-refractivity contribution in [1.29, 1.82) is 0 Å². The van der Waals surface area contributed by atoms with Gasteiger partial charge in [-0.25, -0.2) is 0 Å². The van der Waals surface area contributed by atoms with Crippen molar-refractivity contribution in [1.82, 2.24) is 4.57 Å². The fraction of sp³-hybridized carbons (Fsp3) is 0.471. The molecule has 0 spiro atoms. The summed E-state index contributed by atoms with van der Waals surface area (Å²) in [6.45, 7) is 10.8. The summed E-state index contributed by atoms with van der Waals surface area (Å²) in [5, 5.41) is 4.13. The molecule has 0 saturated carbocycles. The highest BCUT2D eigenvalue weighted by molar-refractivity contribution is 7.08. The molecule has 21 heavy (non-hydrogen) atoms. The van der Waals surface area contributed by atoms with Crippen molar-refractivity contribution in [2.75, 3.05) is 0 Å². The molecule has 3 nitrogen and oxygen atoms in total. The van der Waals surface area contributed by atoms with Gasteiger partial charge in [0.1, 0.15) is 0 Å². The fourth-order valence-corrected chi connectivity index (χ4v) is 3.63. The van der Waals surface area contributed by atoms with E-state index in [0.29, 0.717) is 17.5 Å². The Balaban J connectivity index is 2.80. The van der Waals surface area contributed by atoms with Gasteiger partial charge < -0.3 is 10.3 Å². The molecule has 0 aliphatic rings. The van der Waals surface area contributed by atoms with Crippen molar-refractivity contribution >= 4 is 17.2 Å². The van der Waals surface area contributed by atoms with E-state index in [-0.39, 0.29) is 5.91 Å². The van der Waals surface area contributed by atoms with Gasteiger partial charge in [0.25, 0.3) is 5.91 Å². The molecule has 4 heteroatoms. The van der Waals surface area contributed by atoms with Gasteiger partial charge in [0.15, 0.2) is 0 Å². The third kappa shape index (κ3) is 2.64. The lowest BCUT2D eigenvalue weighted by molar-refractivity contribution is 0.1000. The van der Waals surface area contributed by atoms with Gasteiger partial charge in [-0.1, -0.05) is 20.8 Å². The second-order valence-electron chi connectivity index (χ2n) is 5.87. The van der Waals surface area contributed by atoms with Crippen molar-refractivity contribution in [3.63, 3.8) is 0 Å². The van der Waals surface area contributed by atoms with Crippen LogP contribution in [0.15, 0.2) is 16.8 Å². The second kappa shape index (κ2) is 6.06. The largest absolute Gasteiger partial charge is 0.366 e. The minimum atomic E-state index is -0.335. The Morgan fingerprint density at radius 1 is 1.38 bits per heavy atom. The molecule has 114 valence electrons. The molecule has 2 rings (SSSR count). The van der Waals surface area contributed by atoms with E-state index in [1.54, 1.807) is 11.3 Å². The van der Waals surface area contributed by atoms with Crippen LogP contribution in [-0.2, 0) is 6.42 Å². The Morgan fingerprint density at radius 3 is 2.48 bits per heavy atom. The summed E-state index contributed by atoms with van der Waals surface area (Å²) in [6, 6.07) is 2.40. The van der Waals surface area contributed by atoms with Gasteiger partial charge in [0.05, 0.1) is 5.56 Å². The smallest absolute Gasteiger partial charge is 0.251 e. The Morgan fingerprint density at radius 2 is 2.05 bits per heavy atom. The minimum absolute atomic E-state index is 0.335. The number of rotatable bonds is 5. The highest BCUT2D eigenvalue weighted by atomic mass is 32.1. The quantitative estimate of drug-likeness (QED) is 0.874. The van der Waals surface area contributed by atoms with Crippen molar-refractivity contribution in [3.8, 4) is 11.1 Å². The van der Waals surface area contributed by atoms with E-state index >= 15 is 0 Å². The van der Waals surface area contributed by atoms with Gasteiger partial charge in [-0.2, -0.15) is 11.3 Å². The van der Waals surface area contributed by atoms with Crippen molar-refractivity contribution in [3.05, 3.63) is 33.8 Å². The van der Waals surface area contributed by atoms with Gasteiger partial charge in [0, 0.05) is 23.0 Å². The first-order valence-electron chi connectivity index (χ1n) is 7.46. The van der Waals surface area contributed by atoms with Crippen LogP contribution in [0.4, 0.5) is 0 Å². The number of carbonyl (C=O) groups excluding carboxylic acids is 1. The molecule has 1 amide bonds. The maximum absolute atomic E-state index is 12.0. The summed E-state index contributed by atoms with van der Waals surface area (Å²) in [5.74, 6) is 0.163. The summed E-state index contributed by atoms with van der Waals surface area (Å²) in [4.78, 5) is 12.0. The van der Waals surface area contributed by atoms with Crippen molar-refractivity contribution in [2.45, 2.75) is 47.1 Å². The second-order valence-corrected chi connectivity index (χ2v) is 6.65. The molecule has 1 unspecified atom stereocenters. The topological polar surface area (TPSA) is 48.0 Å². The van der Waals surface area contributed by atoms with E-state index in [9.17, 15) is 4.79 Å². The molecular weight excluding hydrogens is 280 g/mol. The summed E-state index contributed by atoms with van der Waals surface area (Å²) >= 11 is 1.64. The Kier molecular flexibility index (Phi) is 4.57. The Hall–Kier alpha value is -1.55. The zero-order chi connectivity index (χ0) is 15.7. The molecule has 0 aliphatic heterocycles. The summed E-state index contributed by atoms with van der Waals surface area (Å²) in [6.07, 6.45) is 0.885. The van der Waals surface area contributed by atoms with Crippen molar-refractivity contribution < 1.29 is 4.79 Å². The Bertz CT molecular complexity index is 638. The first kappa shape index (κ1) is 15.8. The lowest BCUT2D eigenvalue weighted by Gasteiger charge is -2.23. The highest BCUT2D eigenvalue weighted by Gasteiger charge is 2.26. The average Bonchev–Trinajstić information content (AvgIpc) is 3.02. The van der Waals surface area contributed by atoms with Gasteiger partial charge in [-0.3, -0.25) is 4.79 Å². The molecule has 0 radical (unpaired) electrons. The van der Waals surface area contributed by atoms with Gasteiger partial charge in [-0.05, 0) is 48.6 Å². The van der Waals surface area contributed by atoms with E-state index in [0.717, 1.165) is 23.2 Å². The van der Waals surface area contributed by atoms with E-state index in [1.165, 1.54) is 5.69 Å². The number of thiophene rings is 1. The molecule has 1 atom stereocenters. The van der Waals surface area contributed by atoms with Crippen LogP contribution in [0.5, 0.6) is 0 Å². The van der Waals surface area contributed by atoms with Crippen LogP contribution in [0.2, 0.25) is 0 Å². The molecule has 2 aromatic rings. The number of amides is 1. The molecule has 0 fully saturated rings. The molecular formula is C17H24N2OS. The van der Waals surface area contributed by atoms with Crippen LogP contribution >= 0.6 is 11.3 Å². The molecule has 0 aliphatic carbocycles. The molecule has 2 N–H and O–H groups in total. The standard InChI is InChI=1S/C17H24N2OS/c1-6-14-16(13-7-8-21-9-13)15(17(18)20)12(5)19(14)11(4)10(2)3/h7-11H,6H2,1-5H3,(H2,18,20). The van der Waals surface area contributed by atoms with E-state index < -0.39 is 0 Å². The summed E-state index contributed by atoms with van der Waals surface area (Å²) < 4.78 is 2.30. The van der Waals surface area contributed by atoms with Crippen LogP contribution in [0.1, 0.15) is 55.5 Å². The average molecular weight is 304 g/mol. The number of primary amides is 1. The lowest BCUT2D eigenvalue weighted by Crippen LogP contribution is -2.17. The van der Waals surface area contributed by atoms with Gasteiger partial charge in [0.2, 0.25) is 0 Å². The maximum atomic E-state index is 12.0. The first-order valence-corrected chi connectivity index (χ1v) is 8.40. The molecule has 2 aromatic heterocycles. The van der Waals surface area contributed by atoms with E-state index in [4.69, 9.17) is 5.73 Å². The SMILES string of the molecule is CCc1c(-c2ccsc2)c(C(N)=O)c(C)n1C(C)C(C)C. The van der Waals surface area contributed by atoms with Crippen LogP contribution < -0.4 is 5.73 Å². The lowest BCUT2D eigenvalue weighted by atomic mass is 10.0. The number of nitrogens with two attached hydrogens (primary N) is 1. The maximum Gasteiger partial charge on any atom is 0.251 e. The highest BCUT2D eigenvalue weighted by Crippen LogP contribution is 2.37.